The molecule has 0 amide bonds. The van der Waals surface area contributed by atoms with Crippen molar-refractivity contribution in [3.8, 4) is 11.5 Å². The van der Waals surface area contributed by atoms with E-state index in [-0.39, 0.29) is 11.7 Å². The van der Waals surface area contributed by atoms with Gasteiger partial charge < -0.3 is 30.9 Å². The predicted octanol–water partition coefficient (Wildman–Crippen LogP) is 2.18. The molecule has 6 N–H and O–H groups in total. The van der Waals surface area contributed by atoms with Crippen LogP contribution in [0.2, 0.25) is 0 Å². The Morgan fingerprint density at radius 2 is 1.88 bits per heavy atom. The van der Waals surface area contributed by atoms with Crippen molar-refractivity contribution in [2.75, 3.05) is 20.2 Å². The molecule has 0 bridgehead atoms. The number of nitrogens with two attached hydrogens (primary N) is 1. The molecule has 33 heavy (non-hydrogen) atoms. The van der Waals surface area contributed by atoms with Gasteiger partial charge in [0.1, 0.15) is 29.8 Å². The summed E-state index contributed by atoms with van der Waals surface area (Å²) in [5.74, 6) is -0.498. The van der Waals surface area contributed by atoms with E-state index < -0.39 is 18.0 Å². The standard InChI is InChI=1S/C24H28N4O5/c1-32-23(31)21-18-14-16(19(10-13-29)27-11-2-3-12-28-24(25)26)6-9-20(18)33-22(21)15-4-7-17(30)8-5-15/h4-10,13-14,21-22,27,30H,2-3,11-12H2,1H3,(H4,25,26,28)/b19-10+. The van der Waals surface area contributed by atoms with E-state index in [1.54, 1.807) is 30.3 Å². The van der Waals surface area contributed by atoms with Crippen LogP contribution in [0.15, 0.2) is 48.5 Å². The van der Waals surface area contributed by atoms with E-state index in [1.807, 2.05) is 12.1 Å². The van der Waals surface area contributed by atoms with Gasteiger partial charge in [0.25, 0.3) is 0 Å². The van der Waals surface area contributed by atoms with Crippen LogP contribution >= 0.6 is 0 Å². The van der Waals surface area contributed by atoms with Crippen molar-refractivity contribution in [2.45, 2.75) is 24.9 Å². The number of guanidine groups is 1. The summed E-state index contributed by atoms with van der Waals surface area (Å²) in [7, 11) is 1.33. The lowest BCUT2D eigenvalue weighted by Gasteiger charge is -2.18. The van der Waals surface area contributed by atoms with Crippen LogP contribution in [0.5, 0.6) is 11.5 Å². The number of phenolic OH excluding ortho intramolecular Hbond substituents is 1. The number of aldehydes is 1. The molecule has 2 atom stereocenters. The molecule has 1 aliphatic heterocycles. The summed E-state index contributed by atoms with van der Waals surface area (Å²) in [6.07, 6.45) is 3.16. The second-order valence-corrected chi connectivity index (χ2v) is 7.57. The van der Waals surface area contributed by atoms with Gasteiger partial charge in [-0.1, -0.05) is 12.1 Å². The smallest absolute Gasteiger partial charge is 0.317 e. The summed E-state index contributed by atoms with van der Waals surface area (Å²) in [6, 6.07) is 11.9. The lowest BCUT2D eigenvalue weighted by molar-refractivity contribution is -0.144. The Labute approximate surface area is 192 Å². The maximum absolute atomic E-state index is 12.7. The zero-order valence-electron chi connectivity index (χ0n) is 18.3. The third-order valence-corrected chi connectivity index (χ3v) is 5.36. The Morgan fingerprint density at radius 1 is 1.18 bits per heavy atom. The molecule has 0 radical (unpaired) electrons. The van der Waals surface area contributed by atoms with Crippen molar-refractivity contribution in [1.82, 2.24) is 10.6 Å². The molecule has 0 aliphatic carbocycles. The molecule has 0 aromatic heterocycles. The Balaban J connectivity index is 1.80. The molecule has 2 unspecified atom stereocenters. The first-order valence-electron chi connectivity index (χ1n) is 10.6. The minimum atomic E-state index is -0.690. The van der Waals surface area contributed by atoms with E-state index in [9.17, 15) is 14.7 Å². The van der Waals surface area contributed by atoms with Crippen molar-refractivity contribution < 1.29 is 24.2 Å². The summed E-state index contributed by atoms with van der Waals surface area (Å²) in [5, 5.41) is 22.8. The van der Waals surface area contributed by atoms with Crippen molar-refractivity contribution in [1.29, 1.82) is 5.41 Å². The average Bonchev–Trinajstić information content (AvgIpc) is 3.19. The van der Waals surface area contributed by atoms with Gasteiger partial charge >= 0.3 is 5.97 Å². The van der Waals surface area contributed by atoms with Crippen LogP contribution in [-0.4, -0.2) is 43.5 Å². The molecule has 0 spiro atoms. The second kappa shape index (κ2) is 11.0. The SMILES string of the molecule is COC(=O)C1c2cc(/C(=C\C=O)NCCCCNC(=N)N)ccc2OC1c1ccc(O)cc1. The number of phenols is 1. The highest BCUT2D eigenvalue weighted by atomic mass is 16.5. The van der Waals surface area contributed by atoms with Crippen LogP contribution in [0, 0.1) is 5.41 Å². The Bertz CT molecular complexity index is 1040. The predicted molar refractivity (Wildman–Crippen MR) is 124 cm³/mol. The number of rotatable bonds is 10. The summed E-state index contributed by atoms with van der Waals surface area (Å²) < 4.78 is 11.1. The molecule has 9 nitrogen and oxygen atoms in total. The number of benzene rings is 2. The molecule has 9 heteroatoms. The molecule has 3 rings (SSSR count). The highest BCUT2D eigenvalue weighted by Gasteiger charge is 2.41. The quantitative estimate of drug-likeness (QED) is 0.0920. The first kappa shape index (κ1) is 23.6. The number of ether oxygens (including phenoxy) is 2. The van der Waals surface area contributed by atoms with Gasteiger partial charge in [-0.3, -0.25) is 15.0 Å². The van der Waals surface area contributed by atoms with Crippen LogP contribution in [0.4, 0.5) is 0 Å². The fourth-order valence-corrected chi connectivity index (χ4v) is 3.76. The highest BCUT2D eigenvalue weighted by Crippen LogP contribution is 2.47. The molecular weight excluding hydrogens is 424 g/mol. The minimum Gasteiger partial charge on any atom is -0.508 e. The number of methoxy groups -OCH3 is 1. The largest absolute Gasteiger partial charge is 0.508 e. The van der Waals surface area contributed by atoms with Crippen LogP contribution in [0.25, 0.3) is 5.70 Å². The number of carbonyl (C=O) groups is 2. The normalized spacial score (nSPS) is 16.9. The van der Waals surface area contributed by atoms with Gasteiger partial charge in [0.2, 0.25) is 0 Å². The van der Waals surface area contributed by atoms with Gasteiger partial charge in [-0.15, -0.1) is 0 Å². The molecule has 1 heterocycles. The van der Waals surface area contributed by atoms with Crippen LogP contribution in [-0.2, 0) is 14.3 Å². The average molecular weight is 453 g/mol. The van der Waals surface area contributed by atoms with Crippen LogP contribution in [0.3, 0.4) is 0 Å². The fourth-order valence-electron chi connectivity index (χ4n) is 3.76. The third kappa shape index (κ3) is 5.82. The lowest BCUT2D eigenvalue weighted by Crippen LogP contribution is -2.31. The molecular formula is C24H28N4O5. The number of carbonyl (C=O) groups excluding carboxylic acids is 2. The van der Waals surface area contributed by atoms with E-state index in [0.29, 0.717) is 36.4 Å². The van der Waals surface area contributed by atoms with Gasteiger partial charge in [-0.2, -0.15) is 0 Å². The van der Waals surface area contributed by atoms with Crippen molar-refractivity contribution in [3.05, 3.63) is 65.2 Å². The van der Waals surface area contributed by atoms with E-state index in [1.165, 1.54) is 13.2 Å². The Morgan fingerprint density at radius 3 is 2.52 bits per heavy atom. The highest BCUT2D eigenvalue weighted by molar-refractivity contribution is 5.84. The number of hydrogen-bond donors (Lipinski definition) is 5. The minimum absolute atomic E-state index is 0.0596. The number of esters is 1. The molecule has 0 fully saturated rings. The third-order valence-electron chi connectivity index (χ3n) is 5.36. The maximum atomic E-state index is 12.7. The number of aromatic hydroxyl groups is 1. The van der Waals surface area contributed by atoms with Crippen molar-refractivity contribution >= 4 is 23.9 Å². The number of allylic oxidation sites excluding steroid dienone is 1. The molecule has 2 aromatic carbocycles. The van der Waals surface area contributed by atoms with Gasteiger partial charge in [0, 0.05) is 30.4 Å². The maximum Gasteiger partial charge on any atom is 0.317 e. The van der Waals surface area contributed by atoms with E-state index in [2.05, 4.69) is 10.6 Å². The number of hydrogen-bond acceptors (Lipinski definition) is 7. The zero-order chi connectivity index (χ0) is 23.8. The summed E-state index contributed by atoms with van der Waals surface area (Å²) in [6.45, 7) is 1.21. The molecule has 0 saturated heterocycles. The molecule has 2 aromatic rings. The first-order chi connectivity index (χ1) is 15.9. The van der Waals surface area contributed by atoms with Gasteiger partial charge in [0.15, 0.2) is 5.96 Å². The Kier molecular flexibility index (Phi) is 7.91. The number of fused-ring (bicyclic) bond motifs is 1. The number of nitrogens with one attached hydrogen (secondary N) is 3. The molecule has 0 saturated carbocycles. The molecule has 174 valence electrons. The monoisotopic (exact) mass is 452 g/mol. The second-order valence-electron chi connectivity index (χ2n) is 7.57. The number of unbranched alkanes of at least 4 members (excludes halogenated alkanes) is 1. The van der Waals surface area contributed by atoms with E-state index in [4.69, 9.17) is 20.6 Å². The summed E-state index contributed by atoms with van der Waals surface area (Å²) in [4.78, 5) is 23.9. The van der Waals surface area contributed by atoms with Gasteiger partial charge in [0.05, 0.1) is 7.11 Å². The van der Waals surface area contributed by atoms with E-state index in [0.717, 1.165) is 24.0 Å². The van der Waals surface area contributed by atoms with Crippen LogP contribution in [0.1, 0.15) is 41.6 Å². The zero-order valence-corrected chi connectivity index (χ0v) is 18.3. The van der Waals surface area contributed by atoms with Crippen molar-refractivity contribution in [2.24, 2.45) is 5.73 Å². The van der Waals surface area contributed by atoms with Gasteiger partial charge in [-0.25, -0.2) is 0 Å². The van der Waals surface area contributed by atoms with Crippen molar-refractivity contribution in [3.63, 3.8) is 0 Å². The first-order valence-corrected chi connectivity index (χ1v) is 10.6. The van der Waals surface area contributed by atoms with Gasteiger partial charge in [-0.05, 0) is 54.3 Å². The summed E-state index contributed by atoms with van der Waals surface area (Å²) >= 11 is 0. The topological polar surface area (TPSA) is 147 Å². The lowest BCUT2D eigenvalue weighted by atomic mass is 9.90. The molecule has 1 aliphatic rings. The van der Waals surface area contributed by atoms with Crippen LogP contribution < -0.4 is 21.1 Å². The Hall–Kier alpha value is -4.01. The van der Waals surface area contributed by atoms with E-state index >= 15 is 0 Å². The fraction of sp³-hybridized carbons (Fsp3) is 0.292. The summed E-state index contributed by atoms with van der Waals surface area (Å²) in [5.41, 5.74) is 8.04.